The first-order valence-corrected chi connectivity index (χ1v) is 9.19. The second-order valence-corrected chi connectivity index (χ2v) is 7.02. The van der Waals surface area contributed by atoms with Gasteiger partial charge in [0.25, 0.3) is 0 Å². The van der Waals surface area contributed by atoms with Crippen LogP contribution in [-0.4, -0.2) is 16.0 Å². The van der Waals surface area contributed by atoms with Gasteiger partial charge in [-0.25, -0.2) is 9.97 Å². The van der Waals surface area contributed by atoms with E-state index in [2.05, 4.69) is 31.2 Å². The van der Waals surface area contributed by atoms with Crippen molar-refractivity contribution < 1.29 is 13.2 Å². The lowest BCUT2D eigenvalue weighted by atomic mass is 10.0. The molecule has 25 heavy (non-hydrogen) atoms. The van der Waals surface area contributed by atoms with Gasteiger partial charge in [-0.3, -0.25) is 0 Å². The Labute approximate surface area is 153 Å². The van der Waals surface area contributed by atoms with Crippen LogP contribution >= 0.6 is 15.9 Å². The van der Waals surface area contributed by atoms with Gasteiger partial charge in [0.2, 0.25) is 0 Å². The molecular weight excluding hydrogens is 395 g/mol. The Kier molecular flexibility index (Phi) is 5.61. The molecule has 1 saturated carbocycles. The highest BCUT2D eigenvalue weighted by atomic mass is 79.9. The molecule has 0 unspecified atom stereocenters. The summed E-state index contributed by atoms with van der Waals surface area (Å²) >= 11 is 3.28. The van der Waals surface area contributed by atoms with Gasteiger partial charge in [0.1, 0.15) is 5.82 Å². The maximum Gasteiger partial charge on any atom is 0.416 e. The topological polar surface area (TPSA) is 37.8 Å². The van der Waals surface area contributed by atoms with E-state index in [4.69, 9.17) is 0 Å². The van der Waals surface area contributed by atoms with E-state index in [1.807, 2.05) is 0 Å². The quantitative estimate of drug-likeness (QED) is 0.490. The number of nitrogens with zero attached hydrogens (tertiary/aromatic N) is 2. The minimum Gasteiger partial charge on any atom is -0.367 e. The zero-order valence-electron chi connectivity index (χ0n) is 13.6. The molecule has 7 heteroatoms. The Hall–Kier alpha value is -1.63. The van der Waals surface area contributed by atoms with Crippen molar-refractivity contribution in [1.29, 1.82) is 0 Å². The van der Waals surface area contributed by atoms with Gasteiger partial charge in [-0.2, -0.15) is 13.2 Å². The first-order chi connectivity index (χ1) is 11.9. The molecule has 0 saturated heterocycles. The second-order valence-electron chi connectivity index (χ2n) is 6.31. The van der Waals surface area contributed by atoms with E-state index in [1.54, 1.807) is 6.20 Å². The molecule has 0 radical (unpaired) electrons. The van der Waals surface area contributed by atoms with Crippen LogP contribution in [-0.2, 0) is 6.18 Å². The Morgan fingerprint density at radius 2 is 1.64 bits per heavy atom. The maximum absolute atomic E-state index is 12.8. The SMILES string of the molecule is FC(F)(F)c1ccc(-c2cnc(Br)nc2NC2CCCCCC2)cc1. The normalized spacial score (nSPS) is 16.5. The second kappa shape index (κ2) is 7.72. The highest BCUT2D eigenvalue weighted by molar-refractivity contribution is 9.10. The summed E-state index contributed by atoms with van der Waals surface area (Å²) in [4.78, 5) is 8.56. The average molecular weight is 414 g/mol. The molecule has 0 spiro atoms. The molecule has 1 aromatic carbocycles. The van der Waals surface area contributed by atoms with Crippen LogP contribution in [0, 0.1) is 0 Å². The van der Waals surface area contributed by atoms with Crippen LogP contribution in [0.5, 0.6) is 0 Å². The Balaban J connectivity index is 1.88. The number of nitrogens with one attached hydrogen (secondary N) is 1. The fraction of sp³-hybridized carbons (Fsp3) is 0.444. The van der Waals surface area contributed by atoms with Gasteiger partial charge >= 0.3 is 6.18 Å². The zero-order valence-corrected chi connectivity index (χ0v) is 15.2. The molecule has 1 aliphatic carbocycles. The number of alkyl halides is 3. The standard InChI is InChI=1S/C18H19BrF3N3/c19-17-23-11-15(12-7-9-13(10-8-12)18(20,21)22)16(25-17)24-14-5-3-1-2-4-6-14/h7-11,14H,1-6H2,(H,23,24,25). The molecule has 1 fully saturated rings. The summed E-state index contributed by atoms with van der Waals surface area (Å²) in [6.45, 7) is 0. The molecule has 1 aliphatic rings. The summed E-state index contributed by atoms with van der Waals surface area (Å²) in [5.74, 6) is 0.661. The molecule has 1 heterocycles. The molecule has 1 N–H and O–H groups in total. The summed E-state index contributed by atoms with van der Waals surface area (Å²) < 4.78 is 38.7. The molecule has 0 atom stereocenters. The van der Waals surface area contributed by atoms with Crippen molar-refractivity contribution in [2.45, 2.75) is 50.7 Å². The lowest BCUT2D eigenvalue weighted by Gasteiger charge is -2.19. The molecule has 0 bridgehead atoms. The number of hydrogen-bond donors (Lipinski definition) is 1. The van der Waals surface area contributed by atoms with Gasteiger partial charge in [-0.05, 0) is 46.5 Å². The first kappa shape index (κ1) is 18.2. The van der Waals surface area contributed by atoms with E-state index >= 15 is 0 Å². The molecule has 134 valence electrons. The summed E-state index contributed by atoms with van der Waals surface area (Å²) in [7, 11) is 0. The summed E-state index contributed by atoms with van der Waals surface area (Å²) in [5, 5.41) is 3.47. The van der Waals surface area contributed by atoms with Gasteiger partial charge in [0.05, 0.1) is 5.56 Å². The first-order valence-electron chi connectivity index (χ1n) is 8.40. The van der Waals surface area contributed by atoms with Gasteiger partial charge in [-0.1, -0.05) is 37.8 Å². The minimum absolute atomic E-state index is 0.331. The zero-order chi connectivity index (χ0) is 17.9. The van der Waals surface area contributed by atoms with Crippen molar-refractivity contribution in [3.8, 4) is 11.1 Å². The van der Waals surface area contributed by atoms with Gasteiger partial charge in [-0.15, -0.1) is 0 Å². The lowest BCUT2D eigenvalue weighted by molar-refractivity contribution is -0.137. The van der Waals surface area contributed by atoms with Crippen LogP contribution in [0.3, 0.4) is 0 Å². The van der Waals surface area contributed by atoms with E-state index in [0.717, 1.165) is 25.0 Å². The Morgan fingerprint density at radius 3 is 2.24 bits per heavy atom. The van der Waals surface area contributed by atoms with Crippen LogP contribution in [0.4, 0.5) is 19.0 Å². The number of halogens is 4. The van der Waals surface area contributed by atoms with E-state index in [0.29, 0.717) is 27.7 Å². The smallest absolute Gasteiger partial charge is 0.367 e. The highest BCUT2D eigenvalue weighted by Crippen LogP contribution is 2.33. The van der Waals surface area contributed by atoms with Crippen molar-refractivity contribution in [2.75, 3.05) is 5.32 Å². The largest absolute Gasteiger partial charge is 0.416 e. The number of rotatable bonds is 3. The highest BCUT2D eigenvalue weighted by Gasteiger charge is 2.30. The monoisotopic (exact) mass is 413 g/mol. The predicted octanol–water partition coefficient (Wildman–Crippen LogP) is 6.06. The van der Waals surface area contributed by atoms with Crippen LogP contribution in [0.15, 0.2) is 35.2 Å². The van der Waals surface area contributed by atoms with Crippen LogP contribution < -0.4 is 5.32 Å². The van der Waals surface area contributed by atoms with Crippen molar-refractivity contribution in [1.82, 2.24) is 9.97 Å². The van der Waals surface area contributed by atoms with Gasteiger partial charge in [0, 0.05) is 17.8 Å². The van der Waals surface area contributed by atoms with Crippen LogP contribution in [0.2, 0.25) is 0 Å². The molecule has 1 aromatic heterocycles. The van der Waals surface area contributed by atoms with Crippen molar-refractivity contribution in [3.63, 3.8) is 0 Å². The molecule has 0 amide bonds. The van der Waals surface area contributed by atoms with Gasteiger partial charge < -0.3 is 5.32 Å². The number of benzene rings is 1. The summed E-state index contributed by atoms with van der Waals surface area (Å²) in [6, 6.07) is 5.44. The molecule has 0 aliphatic heterocycles. The lowest BCUT2D eigenvalue weighted by Crippen LogP contribution is -2.19. The third-order valence-electron chi connectivity index (χ3n) is 4.48. The fourth-order valence-corrected chi connectivity index (χ4v) is 3.42. The molecule has 2 aromatic rings. The van der Waals surface area contributed by atoms with Crippen molar-refractivity contribution >= 4 is 21.7 Å². The van der Waals surface area contributed by atoms with Gasteiger partial charge in [0.15, 0.2) is 4.73 Å². The van der Waals surface area contributed by atoms with E-state index in [-0.39, 0.29) is 0 Å². The van der Waals surface area contributed by atoms with E-state index in [1.165, 1.54) is 37.8 Å². The van der Waals surface area contributed by atoms with Crippen LogP contribution in [0.25, 0.3) is 11.1 Å². The predicted molar refractivity (Wildman–Crippen MR) is 95.3 cm³/mol. The Bertz CT molecular complexity index is 708. The molecule has 3 rings (SSSR count). The number of anilines is 1. The van der Waals surface area contributed by atoms with E-state index < -0.39 is 11.7 Å². The maximum atomic E-state index is 12.8. The third-order valence-corrected chi connectivity index (χ3v) is 4.86. The minimum atomic E-state index is -4.34. The van der Waals surface area contributed by atoms with Crippen LogP contribution in [0.1, 0.15) is 44.1 Å². The number of aromatic nitrogens is 2. The molecular formula is C18H19BrF3N3. The van der Waals surface area contributed by atoms with Crippen molar-refractivity contribution in [2.24, 2.45) is 0 Å². The number of hydrogen-bond acceptors (Lipinski definition) is 3. The fourth-order valence-electron chi connectivity index (χ4n) is 3.14. The average Bonchev–Trinajstić information content (AvgIpc) is 2.83. The molecule has 3 nitrogen and oxygen atoms in total. The summed E-state index contributed by atoms with van der Waals surface area (Å²) in [5.41, 5.74) is 0.713. The third kappa shape index (κ3) is 4.71. The van der Waals surface area contributed by atoms with E-state index in [9.17, 15) is 13.2 Å². The Morgan fingerprint density at radius 1 is 1.00 bits per heavy atom. The summed E-state index contributed by atoms with van der Waals surface area (Å²) in [6.07, 6.45) is 4.31. The van der Waals surface area contributed by atoms with Crippen molar-refractivity contribution in [3.05, 3.63) is 40.8 Å².